The SMILES string of the molecule is CC(C)(C)OC(=O)N[C@H](Cc1ccc(O)cc1)C(=O)OC(C)(C)c1ccccc1. The van der Waals surface area contributed by atoms with Crippen LogP contribution in [0, 0.1) is 0 Å². The molecule has 0 aliphatic rings. The fourth-order valence-corrected chi connectivity index (χ4v) is 2.73. The average Bonchev–Trinajstić information content (AvgIpc) is 2.62. The normalized spacial score (nSPS) is 12.7. The Balaban J connectivity index is 2.19. The van der Waals surface area contributed by atoms with Crippen molar-refractivity contribution >= 4 is 12.1 Å². The highest BCUT2D eigenvalue weighted by molar-refractivity contribution is 5.82. The molecule has 0 fully saturated rings. The second kappa shape index (κ2) is 8.99. The summed E-state index contributed by atoms with van der Waals surface area (Å²) in [7, 11) is 0. The van der Waals surface area contributed by atoms with E-state index < -0.39 is 29.3 Å². The molecule has 2 aromatic carbocycles. The molecule has 2 N–H and O–H groups in total. The van der Waals surface area contributed by atoms with Crippen molar-refractivity contribution in [3.05, 3.63) is 65.7 Å². The van der Waals surface area contributed by atoms with Gasteiger partial charge in [-0.25, -0.2) is 9.59 Å². The number of hydrogen-bond donors (Lipinski definition) is 2. The topological polar surface area (TPSA) is 84.9 Å². The third-order valence-corrected chi connectivity index (χ3v) is 4.18. The number of esters is 1. The van der Waals surface area contributed by atoms with Gasteiger partial charge in [0, 0.05) is 6.42 Å². The zero-order chi connectivity index (χ0) is 21.7. The minimum atomic E-state index is -0.947. The molecule has 2 rings (SSSR count). The quantitative estimate of drug-likeness (QED) is 0.707. The van der Waals surface area contributed by atoms with E-state index in [1.165, 1.54) is 12.1 Å². The Labute approximate surface area is 171 Å². The van der Waals surface area contributed by atoms with Crippen LogP contribution >= 0.6 is 0 Å². The molecule has 29 heavy (non-hydrogen) atoms. The molecule has 0 saturated heterocycles. The van der Waals surface area contributed by atoms with Crippen LogP contribution in [0.3, 0.4) is 0 Å². The number of rotatable bonds is 6. The summed E-state index contributed by atoms with van der Waals surface area (Å²) in [5.74, 6) is -0.448. The smallest absolute Gasteiger partial charge is 0.408 e. The van der Waals surface area contributed by atoms with Crippen molar-refractivity contribution < 1.29 is 24.2 Å². The van der Waals surface area contributed by atoms with Crippen molar-refractivity contribution in [3.63, 3.8) is 0 Å². The largest absolute Gasteiger partial charge is 0.508 e. The predicted molar refractivity (Wildman–Crippen MR) is 111 cm³/mol. The summed E-state index contributed by atoms with van der Waals surface area (Å²) in [6.07, 6.45) is -0.501. The maximum absolute atomic E-state index is 13.0. The number of benzene rings is 2. The van der Waals surface area contributed by atoms with E-state index >= 15 is 0 Å². The number of carbonyl (C=O) groups is 2. The third-order valence-electron chi connectivity index (χ3n) is 4.18. The predicted octanol–water partition coefficient (Wildman–Crippen LogP) is 4.31. The number of amides is 1. The Bertz CT molecular complexity index is 823. The molecular weight excluding hydrogens is 370 g/mol. The van der Waals surface area contributed by atoms with Crippen molar-refractivity contribution in [3.8, 4) is 5.75 Å². The van der Waals surface area contributed by atoms with E-state index in [9.17, 15) is 14.7 Å². The van der Waals surface area contributed by atoms with E-state index in [4.69, 9.17) is 9.47 Å². The fraction of sp³-hybridized carbons (Fsp3) is 0.391. The Hall–Kier alpha value is -3.02. The van der Waals surface area contributed by atoms with Crippen molar-refractivity contribution in [2.45, 2.75) is 58.3 Å². The van der Waals surface area contributed by atoms with Gasteiger partial charge in [0.05, 0.1) is 0 Å². The maximum atomic E-state index is 13.0. The molecular formula is C23H29NO5. The van der Waals surface area contributed by atoms with Crippen LogP contribution in [0.15, 0.2) is 54.6 Å². The first kappa shape index (κ1) is 22.3. The number of phenolic OH excluding ortho intramolecular Hbond substituents is 1. The number of nitrogens with one attached hydrogen (secondary N) is 1. The molecule has 156 valence electrons. The Morgan fingerprint density at radius 1 is 0.931 bits per heavy atom. The molecule has 0 aromatic heterocycles. The molecule has 6 heteroatoms. The molecule has 0 aliphatic heterocycles. The first-order chi connectivity index (χ1) is 13.5. The lowest BCUT2D eigenvalue weighted by molar-refractivity contribution is -0.160. The van der Waals surface area contributed by atoms with E-state index in [1.54, 1.807) is 46.8 Å². The summed E-state index contributed by atoms with van der Waals surface area (Å²) in [4.78, 5) is 25.2. The van der Waals surface area contributed by atoms with Crippen LogP contribution in [0.4, 0.5) is 4.79 Å². The van der Waals surface area contributed by atoms with Gasteiger partial charge in [-0.3, -0.25) is 0 Å². The lowest BCUT2D eigenvalue weighted by atomic mass is 9.98. The van der Waals surface area contributed by atoms with Crippen LogP contribution in [0.2, 0.25) is 0 Å². The number of aromatic hydroxyl groups is 1. The zero-order valence-electron chi connectivity index (χ0n) is 17.6. The molecule has 1 amide bonds. The van der Waals surface area contributed by atoms with E-state index in [0.717, 1.165) is 11.1 Å². The van der Waals surface area contributed by atoms with Gasteiger partial charge in [-0.2, -0.15) is 0 Å². The minimum absolute atomic E-state index is 0.123. The number of ether oxygens (including phenoxy) is 2. The van der Waals surface area contributed by atoms with E-state index in [-0.39, 0.29) is 12.2 Å². The highest BCUT2D eigenvalue weighted by Crippen LogP contribution is 2.25. The van der Waals surface area contributed by atoms with Gasteiger partial charge >= 0.3 is 12.1 Å². The van der Waals surface area contributed by atoms with Crippen LogP contribution in [0.5, 0.6) is 5.75 Å². The van der Waals surface area contributed by atoms with Crippen molar-refractivity contribution in [2.75, 3.05) is 0 Å². The van der Waals surface area contributed by atoms with Gasteiger partial charge in [0.1, 0.15) is 23.0 Å². The fourth-order valence-electron chi connectivity index (χ4n) is 2.73. The van der Waals surface area contributed by atoms with Crippen molar-refractivity contribution in [2.24, 2.45) is 0 Å². The lowest BCUT2D eigenvalue weighted by Gasteiger charge is -2.29. The second-order valence-electron chi connectivity index (χ2n) is 8.37. The molecule has 2 aromatic rings. The van der Waals surface area contributed by atoms with Crippen molar-refractivity contribution in [1.29, 1.82) is 0 Å². The molecule has 0 bridgehead atoms. The molecule has 0 heterocycles. The second-order valence-corrected chi connectivity index (χ2v) is 8.37. The minimum Gasteiger partial charge on any atom is -0.508 e. The Morgan fingerprint density at radius 3 is 2.07 bits per heavy atom. The summed E-state index contributed by atoms with van der Waals surface area (Å²) in [5.41, 5.74) is 0.0361. The molecule has 1 atom stereocenters. The highest BCUT2D eigenvalue weighted by Gasteiger charge is 2.32. The van der Waals surface area contributed by atoms with Crippen LogP contribution in [0.25, 0.3) is 0 Å². The van der Waals surface area contributed by atoms with E-state index in [1.807, 2.05) is 30.3 Å². The summed E-state index contributed by atoms with van der Waals surface area (Å²) in [5, 5.41) is 12.1. The van der Waals surface area contributed by atoms with Crippen LogP contribution in [-0.2, 0) is 26.3 Å². The van der Waals surface area contributed by atoms with Crippen LogP contribution in [-0.4, -0.2) is 28.8 Å². The molecule has 6 nitrogen and oxygen atoms in total. The molecule has 0 unspecified atom stereocenters. The standard InChI is InChI=1S/C23H29NO5/c1-22(2,3)29-21(27)24-19(15-16-11-13-18(25)14-12-16)20(26)28-23(4,5)17-9-7-6-8-10-17/h6-14,19,25H,15H2,1-5H3,(H,24,27)/t19-/m1/s1. The molecule has 0 saturated carbocycles. The summed E-state index contributed by atoms with van der Waals surface area (Å²) in [6, 6.07) is 14.9. The lowest BCUT2D eigenvalue weighted by Crippen LogP contribution is -2.47. The van der Waals surface area contributed by atoms with Gasteiger partial charge in [0.2, 0.25) is 0 Å². The van der Waals surface area contributed by atoms with Gasteiger partial charge in [-0.05, 0) is 57.9 Å². The van der Waals surface area contributed by atoms with Gasteiger partial charge in [0.15, 0.2) is 0 Å². The first-order valence-electron chi connectivity index (χ1n) is 9.52. The number of phenols is 1. The highest BCUT2D eigenvalue weighted by atomic mass is 16.6. The third kappa shape index (κ3) is 7.14. The summed E-state index contributed by atoms with van der Waals surface area (Å²) in [6.45, 7) is 8.84. The van der Waals surface area contributed by atoms with E-state index in [0.29, 0.717) is 0 Å². The van der Waals surface area contributed by atoms with Gasteiger partial charge in [-0.1, -0.05) is 42.5 Å². The van der Waals surface area contributed by atoms with E-state index in [2.05, 4.69) is 5.32 Å². The molecule has 0 radical (unpaired) electrons. The summed E-state index contributed by atoms with van der Waals surface area (Å²) >= 11 is 0. The van der Waals surface area contributed by atoms with Gasteiger partial charge < -0.3 is 19.9 Å². The Kier molecular flexibility index (Phi) is 6.90. The molecule has 0 aliphatic carbocycles. The number of carbonyl (C=O) groups excluding carboxylic acids is 2. The number of hydrogen-bond acceptors (Lipinski definition) is 5. The van der Waals surface area contributed by atoms with Gasteiger partial charge in [-0.15, -0.1) is 0 Å². The Morgan fingerprint density at radius 2 is 1.52 bits per heavy atom. The molecule has 0 spiro atoms. The first-order valence-corrected chi connectivity index (χ1v) is 9.52. The van der Waals surface area contributed by atoms with Crippen LogP contribution in [0.1, 0.15) is 45.7 Å². The monoisotopic (exact) mass is 399 g/mol. The summed E-state index contributed by atoms with van der Waals surface area (Å²) < 4.78 is 11.0. The maximum Gasteiger partial charge on any atom is 0.408 e. The van der Waals surface area contributed by atoms with Crippen LogP contribution < -0.4 is 5.32 Å². The zero-order valence-corrected chi connectivity index (χ0v) is 17.6. The van der Waals surface area contributed by atoms with Gasteiger partial charge in [0.25, 0.3) is 0 Å². The average molecular weight is 399 g/mol. The van der Waals surface area contributed by atoms with Crippen molar-refractivity contribution in [1.82, 2.24) is 5.32 Å². The number of alkyl carbamates (subject to hydrolysis) is 1.